The minimum atomic E-state index is -0.295. The van der Waals surface area contributed by atoms with Crippen LogP contribution in [-0.2, 0) is 14.3 Å². The van der Waals surface area contributed by atoms with E-state index in [-0.39, 0.29) is 36.0 Å². The molecule has 0 unspecified atom stereocenters. The fourth-order valence-electron chi connectivity index (χ4n) is 4.21. The first-order valence-electron chi connectivity index (χ1n) is 11.2. The number of ether oxygens (including phenoxy) is 2. The molecule has 1 aliphatic carbocycles. The Morgan fingerprint density at radius 1 is 1.16 bits per heavy atom. The van der Waals surface area contributed by atoms with Crippen molar-refractivity contribution in [2.75, 3.05) is 25.5 Å². The van der Waals surface area contributed by atoms with E-state index in [0.29, 0.717) is 42.4 Å². The van der Waals surface area contributed by atoms with Gasteiger partial charge in [-0.15, -0.1) is 0 Å². The van der Waals surface area contributed by atoms with Crippen LogP contribution in [0.1, 0.15) is 55.8 Å². The Balaban J connectivity index is 1.42. The number of carbonyl (C=O) groups excluding carboxylic acids is 3. The smallest absolute Gasteiger partial charge is 0.257 e. The van der Waals surface area contributed by atoms with E-state index in [1.165, 1.54) is 12.8 Å². The van der Waals surface area contributed by atoms with Crippen molar-refractivity contribution in [3.05, 3.63) is 23.8 Å². The Bertz CT molecular complexity index is 854. The number of amides is 3. The van der Waals surface area contributed by atoms with E-state index in [9.17, 15) is 14.4 Å². The molecule has 168 valence electrons. The number of likely N-dealkylation sites (N-methyl/N-ethyl adjacent to an activating group) is 1. The summed E-state index contributed by atoms with van der Waals surface area (Å²) in [5.41, 5.74) is 1.00. The van der Waals surface area contributed by atoms with Crippen LogP contribution >= 0.6 is 0 Å². The molecule has 2 fully saturated rings. The minimum Gasteiger partial charge on any atom is -0.490 e. The zero-order valence-electron chi connectivity index (χ0n) is 18.2. The number of nitrogens with one attached hydrogen (secondary N) is 2. The van der Waals surface area contributed by atoms with Crippen LogP contribution in [0, 0.1) is 5.92 Å². The van der Waals surface area contributed by atoms with Gasteiger partial charge in [0.2, 0.25) is 11.8 Å². The van der Waals surface area contributed by atoms with Crippen molar-refractivity contribution in [2.45, 2.75) is 63.7 Å². The van der Waals surface area contributed by atoms with E-state index in [2.05, 4.69) is 10.6 Å². The van der Waals surface area contributed by atoms with Crippen LogP contribution < -0.4 is 15.4 Å². The molecule has 2 heterocycles. The van der Waals surface area contributed by atoms with Crippen molar-refractivity contribution < 1.29 is 23.9 Å². The van der Waals surface area contributed by atoms with E-state index in [1.54, 1.807) is 37.1 Å². The molecule has 3 amide bonds. The summed E-state index contributed by atoms with van der Waals surface area (Å²) in [6.07, 6.45) is 4.11. The van der Waals surface area contributed by atoms with Gasteiger partial charge in [-0.25, -0.2) is 0 Å². The molecule has 8 nitrogen and oxygen atoms in total. The zero-order chi connectivity index (χ0) is 22.0. The highest BCUT2D eigenvalue weighted by atomic mass is 16.5. The zero-order valence-corrected chi connectivity index (χ0v) is 18.2. The van der Waals surface area contributed by atoms with Gasteiger partial charge in [-0.2, -0.15) is 0 Å². The number of fused-ring (bicyclic) bond motifs is 2. The minimum absolute atomic E-state index is 0.0264. The lowest BCUT2D eigenvalue weighted by atomic mass is 9.94. The van der Waals surface area contributed by atoms with Crippen LogP contribution in [0.3, 0.4) is 0 Å². The van der Waals surface area contributed by atoms with Gasteiger partial charge >= 0.3 is 0 Å². The first-order chi connectivity index (χ1) is 14.9. The van der Waals surface area contributed by atoms with Crippen molar-refractivity contribution >= 4 is 23.4 Å². The van der Waals surface area contributed by atoms with E-state index >= 15 is 0 Å². The molecular formula is C23H31N3O5. The molecule has 3 aliphatic rings. The fraction of sp³-hybridized carbons (Fsp3) is 0.609. The molecule has 0 bridgehead atoms. The summed E-state index contributed by atoms with van der Waals surface area (Å²) >= 11 is 0. The summed E-state index contributed by atoms with van der Waals surface area (Å²) in [6, 6.07) is 4.98. The molecule has 31 heavy (non-hydrogen) atoms. The maximum absolute atomic E-state index is 13.2. The predicted octanol–water partition coefficient (Wildman–Crippen LogP) is 2.33. The Labute approximate surface area is 182 Å². The highest BCUT2D eigenvalue weighted by Gasteiger charge is 2.39. The van der Waals surface area contributed by atoms with Crippen LogP contribution in [0.5, 0.6) is 5.75 Å². The summed E-state index contributed by atoms with van der Waals surface area (Å²) in [5, 5.41) is 5.78. The van der Waals surface area contributed by atoms with Crippen LogP contribution in [0.25, 0.3) is 0 Å². The average molecular weight is 430 g/mol. The second kappa shape index (κ2) is 9.26. The van der Waals surface area contributed by atoms with Crippen LogP contribution in [0.2, 0.25) is 0 Å². The van der Waals surface area contributed by atoms with Gasteiger partial charge in [0.15, 0.2) is 0 Å². The second-order valence-electron chi connectivity index (χ2n) is 8.73. The lowest BCUT2D eigenvalue weighted by Gasteiger charge is -2.42. The van der Waals surface area contributed by atoms with Crippen molar-refractivity contribution in [1.82, 2.24) is 10.2 Å². The highest BCUT2D eigenvalue weighted by Crippen LogP contribution is 2.32. The molecule has 1 saturated heterocycles. The monoisotopic (exact) mass is 429 g/mol. The Morgan fingerprint density at radius 2 is 1.97 bits per heavy atom. The maximum atomic E-state index is 13.2. The Hall–Kier alpha value is -2.61. The summed E-state index contributed by atoms with van der Waals surface area (Å²) < 4.78 is 12.2. The van der Waals surface area contributed by atoms with Gasteiger partial charge in [-0.3, -0.25) is 14.4 Å². The summed E-state index contributed by atoms with van der Waals surface area (Å²) in [7, 11) is 1.78. The van der Waals surface area contributed by atoms with Gasteiger partial charge < -0.3 is 25.0 Å². The predicted molar refractivity (Wildman–Crippen MR) is 115 cm³/mol. The third-order valence-corrected chi connectivity index (χ3v) is 6.31. The number of hydrogen-bond acceptors (Lipinski definition) is 5. The van der Waals surface area contributed by atoms with Gasteiger partial charge in [-0.05, 0) is 49.8 Å². The molecule has 0 spiro atoms. The molecule has 4 rings (SSSR count). The molecule has 2 aliphatic heterocycles. The number of hydrogen-bond donors (Lipinski definition) is 2. The SMILES string of the molecule is CCC(=O)Nc1ccc2c(c1)C(=O)N(C)[C@H]1CC[C@H](CC(=O)NCC3CC3)O[C@H]1CO2. The molecule has 1 aromatic carbocycles. The summed E-state index contributed by atoms with van der Waals surface area (Å²) in [6.45, 7) is 2.84. The van der Waals surface area contributed by atoms with E-state index < -0.39 is 0 Å². The normalized spacial score (nSPS) is 25.4. The summed E-state index contributed by atoms with van der Waals surface area (Å²) in [4.78, 5) is 38.8. The molecule has 0 radical (unpaired) electrons. The third-order valence-electron chi connectivity index (χ3n) is 6.31. The van der Waals surface area contributed by atoms with Crippen LogP contribution in [0.4, 0.5) is 5.69 Å². The Morgan fingerprint density at radius 3 is 2.71 bits per heavy atom. The second-order valence-corrected chi connectivity index (χ2v) is 8.73. The van der Waals surface area contributed by atoms with Crippen LogP contribution in [-0.4, -0.2) is 61.1 Å². The van der Waals surface area contributed by atoms with Crippen molar-refractivity contribution in [2.24, 2.45) is 5.92 Å². The van der Waals surface area contributed by atoms with Gasteiger partial charge in [0, 0.05) is 25.7 Å². The number of anilines is 1. The lowest BCUT2D eigenvalue weighted by Crippen LogP contribution is -2.54. The van der Waals surface area contributed by atoms with Gasteiger partial charge in [0.25, 0.3) is 5.91 Å². The Kier molecular flexibility index (Phi) is 6.46. The average Bonchev–Trinajstić information content (AvgIpc) is 3.59. The number of rotatable bonds is 6. The molecule has 8 heteroatoms. The largest absolute Gasteiger partial charge is 0.490 e. The standard InChI is InChI=1S/C23H31N3O5/c1-3-21(27)25-15-6-9-19-17(10-15)23(29)26(2)18-8-7-16(31-20(18)13-30-19)11-22(28)24-12-14-4-5-14/h6,9-10,14,16,18,20H,3-5,7-8,11-13H2,1-2H3,(H,24,28)(H,25,27)/t16-,18+,20+/m1/s1. The highest BCUT2D eigenvalue weighted by molar-refractivity contribution is 5.99. The third kappa shape index (κ3) is 5.18. The van der Waals surface area contributed by atoms with Crippen molar-refractivity contribution in [3.63, 3.8) is 0 Å². The lowest BCUT2D eigenvalue weighted by molar-refractivity contribution is -0.134. The van der Waals surface area contributed by atoms with E-state index in [1.807, 2.05) is 0 Å². The van der Waals surface area contributed by atoms with Crippen molar-refractivity contribution in [3.8, 4) is 5.75 Å². The fourth-order valence-corrected chi connectivity index (χ4v) is 4.21. The van der Waals surface area contributed by atoms with Crippen molar-refractivity contribution in [1.29, 1.82) is 0 Å². The summed E-state index contributed by atoms with van der Waals surface area (Å²) in [5.74, 6) is 0.869. The molecule has 0 aromatic heterocycles. The maximum Gasteiger partial charge on any atom is 0.257 e. The van der Waals surface area contributed by atoms with Gasteiger partial charge in [0.05, 0.1) is 24.1 Å². The molecule has 2 N–H and O–H groups in total. The number of nitrogens with zero attached hydrogens (tertiary/aromatic N) is 1. The van der Waals surface area contributed by atoms with Gasteiger partial charge in [0.1, 0.15) is 18.5 Å². The number of benzene rings is 1. The molecule has 1 aromatic rings. The van der Waals surface area contributed by atoms with E-state index in [0.717, 1.165) is 19.4 Å². The number of carbonyl (C=O) groups is 3. The quantitative estimate of drug-likeness (QED) is 0.724. The first-order valence-corrected chi connectivity index (χ1v) is 11.2. The van der Waals surface area contributed by atoms with Gasteiger partial charge in [-0.1, -0.05) is 6.92 Å². The first kappa shape index (κ1) is 21.6. The molecular weight excluding hydrogens is 398 g/mol. The van der Waals surface area contributed by atoms with E-state index in [4.69, 9.17) is 9.47 Å². The molecule has 3 atom stereocenters. The topological polar surface area (TPSA) is 97.0 Å². The molecule has 1 saturated carbocycles. The van der Waals surface area contributed by atoms with Crippen LogP contribution in [0.15, 0.2) is 18.2 Å².